The molecule has 2 aromatic rings. The van der Waals surface area contributed by atoms with E-state index in [2.05, 4.69) is 25.6 Å². The van der Waals surface area contributed by atoms with Crippen LogP contribution in [0.1, 0.15) is 38.1 Å². The number of nitrogens with two attached hydrogens (primary N) is 1. The molecule has 4 N–H and O–H groups in total. The van der Waals surface area contributed by atoms with Crippen LogP contribution in [-0.2, 0) is 6.54 Å². The topological polar surface area (TPSA) is 115 Å². The Morgan fingerprint density at radius 1 is 1.43 bits per heavy atom. The maximum atomic E-state index is 11.6. The summed E-state index contributed by atoms with van der Waals surface area (Å²) in [6, 6.07) is 0. The zero-order valence-electron chi connectivity index (χ0n) is 12.5. The molecule has 9 heteroatoms. The predicted octanol–water partition coefficient (Wildman–Crippen LogP) is 1.25. The van der Waals surface area contributed by atoms with Crippen LogP contribution in [0.3, 0.4) is 0 Å². The van der Waals surface area contributed by atoms with Gasteiger partial charge in [-0.3, -0.25) is 4.57 Å². The molecule has 0 aromatic carbocycles. The molecule has 2 heterocycles. The number of hydrogen-bond donors (Lipinski definition) is 3. The number of anilines is 1. The third-order valence-electron chi connectivity index (χ3n) is 3.00. The van der Waals surface area contributed by atoms with E-state index in [0.29, 0.717) is 23.3 Å². The van der Waals surface area contributed by atoms with E-state index in [1.165, 1.54) is 11.8 Å². The van der Waals surface area contributed by atoms with Crippen LogP contribution in [0, 0.1) is 6.92 Å². The summed E-state index contributed by atoms with van der Waals surface area (Å²) < 4.78 is 1.55. The summed E-state index contributed by atoms with van der Waals surface area (Å²) in [6.07, 6.45) is 0. The second-order valence-corrected chi connectivity index (χ2v) is 5.77. The van der Waals surface area contributed by atoms with E-state index in [9.17, 15) is 4.79 Å². The number of nitrogens with one attached hydrogen (secondary N) is 2. The lowest BCUT2D eigenvalue weighted by Gasteiger charge is -2.13. The van der Waals surface area contributed by atoms with Crippen molar-refractivity contribution < 1.29 is 0 Å². The van der Waals surface area contributed by atoms with Gasteiger partial charge in [0.25, 0.3) is 0 Å². The van der Waals surface area contributed by atoms with Crippen molar-refractivity contribution in [1.82, 2.24) is 24.7 Å². The summed E-state index contributed by atoms with van der Waals surface area (Å²) in [7, 11) is 0. The molecular weight excluding hydrogens is 290 g/mol. The molecule has 0 bridgehead atoms. The lowest BCUT2D eigenvalue weighted by atomic mass is 10.2. The zero-order valence-corrected chi connectivity index (χ0v) is 13.3. The van der Waals surface area contributed by atoms with Gasteiger partial charge >= 0.3 is 5.69 Å². The Kier molecular flexibility index (Phi) is 4.63. The van der Waals surface area contributed by atoms with Gasteiger partial charge in [0.05, 0.1) is 0 Å². The summed E-state index contributed by atoms with van der Waals surface area (Å²) in [5.41, 5.74) is 3.18. The molecule has 0 fully saturated rings. The van der Waals surface area contributed by atoms with Crippen molar-refractivity contribution in [3.8, 4) is 0 Å². The van der Waals surface area contributed by atoms with Gasteiger partial charge in [-0.05, 0) is 25.6 Å². The highest BCUT2D eigenvalue weighted by atomic mass is 32.2. The lowest BCUT2D eigenvalue weighted by molar-refractivity contribution is 0.659. The van der Waals surface area contributed by atoms with Crippen LogP contribution >= 0.6 is 11.8 Å². The fourth-order valence-electron chi connectivity index (χ4n) is 1.76. The molecule has 0 aliphatic rings. The van der Waals surface area contributed by atoms with Crippen LogP contribution in [-0.4, -0.2) is 24.7 Å². The Morgan fingerprint density at radius 2 is 2.14 bits per heavy atom. The van der Waals surface area contributed by atoms with Crippen molar-refractivity contribution in [3.63, 3.8) is 0 Å². The first-order chi connectivity index (χ1) is 9.97. The monoisotopic (exact) mass is 309 g/mol. The molecule has 8 nitrogen and oxygen atoms in total. The van der Waals surface area contributed by atoms with E-state index < -0.39 is 0 Å². The molecule has 2 rings (SSSR count). The summed E-state index contributed by atoms with van der Waals surface area (Å²) in [4.78, 5) is 20.5. The summed E-state index contributed by atoms with van der Waals surface area (Å²) >= 11 is 1.32. The van der Waals surface area contributed by atoms with Gasteiger partial charge in [0.1, 0.15) is 16.7 Å². The van der Waals surface area contributed by atoms with Crippen LogP contribution in [0.2, 0.25) is 0 Å². The van der Waals surface area contributed by atoms with Crippen molar-refractivity contribution in [2.24, 2.45) is 5.84 Å². The number of rotatable bonds is 5. The molecule has 0 amide bonds. The van der Waals surface area contributed by atoms with Gasteiger partial charge in [0, 0.05) is 18.0 Å². The maximum absolute atomic E-state index is 11.6. The normalized spacial score (nSPS) is 11.1. The fraction of sp³-hybridized carbons (Fsp3) is 0.500. The molecule has 0 unspecified atom stereocenters. The SMILES string of the molecule is CCn1c(Sc2nc(C(C)C)nc(NN)c2C)n[nH]c1=O. The predicted molar refractivity (Wildman–Crippen MR) is 81.3 cm³/mol. The number of aromatic nitrogens is 5. The molecule has 114 valence electrons. The second-order valence-electron chi connectivity index (χ2n) is 4.82. The minimum atomic E-state index is -0.229. The van der Waals surface area contributed by atoms with E-state index in [1.54, 1.807) is 4.57 Å². The molecule has 0 spiro atoms. The van der Waals surface area contributed by atoms with Crippen LogP contribution in [0.25, 0.3) is 0 Å². The van der Waals surface area contributed by atoms with Crippen molar-refractivity contribution in [3.05, 3.63) is 21.9 Å². The Labute approximate surface area is 126 Å². The molecule has 0 aliphatic heterocycles. The molecule has 0 aliphatic carbocycles. The standard InChI is InChI=1S/C12H19N7OS/c1-5-19-11(20)17-18-12(19)21-10-7(4)9(16-13)14-8(15-10)6(2)3/h6H,5,13H2,1-4H3,(H,17,20)(H,14,15,16). The Morgan fingerprint density at radius 3 is 2.71 bits per heavy atom. The van der Waals surface area contributed by atoms with Gasteiger partial charge < -0.3 is 5.43 Å². The quantitative estimate of drug-likeness (QED) is 0.432. The Hall–Kier alpha value is -1.87. The smallest absolute Gasteiger partial charge is 0.308 e. The molecular formula is C12H19N7OS. The largest absolute Gasteiger partial charge is 0.343 e. The molecule has 0 atom stereocenters. The fourth-order valence-corrected chi connectivity index (χ4v) is 2.73. The third-order valence-corrected chi connectivity index (χ3v) is 4.08. The molecule has 0 saturated heterocycles. The number of aromatic amines is 1. The molecule has 2 aromatic heterocycles. The van der Waals surface area contributed by atoms with Crippen LogP contribution in [0.5, 0.6) is 0 Å². The molecule has 0 saturated carbocycles. The van der Waals surface area contributed by atoms with Crippen LogP contribution < -0.4 is 17.0 Å². The van der Waals surface area contributed by atoms with Crippen molar-refractivity contribution in [1.29, 1.82) is 0 Å². The molecule has 0 radical (unpaired) electrons. The minimum absolute atomic E-state index is 0.171. The van der Waals surface area contributed by atoms with Crippen molar-refractivity contribution >= 4 is 17.6 Å². The summed E-state index contributed by atoms with van der Waals surface area (Å²) in [5.74, 6) is 6.96. The Balaban J connectivity index is 2.47. The number of hydrogen-bond acceptors (Lipinski definition) is 7. The first-order valence-electron chi connectivity index (χ1n) is 6.66. The minimum Gasteiger partial charge on any atom is -0.308 e. The van der Waals surface area contributed by atoms with Gasteiger partial charge in [-0.25, -0.2) is 25.7 Å². The van der Waals surface area contributed by atoms with Gasteiger partial charge in [0.15, 0.2) is 5.16 Å². The second kappa shape index (κ2) is 6.27. The summed E-state index contributed by atoms with van der Waals surface area (Å²) in [6.45, 7) is 8.33. The Bertz CT molecular complexity index is 691. The van der Waals surface area contributed by atoms with E-state index in [0.717, 1.165) is 10.6 Å². The highest BCUT2D eigenvalue weighted by molar-refractivity contribution is 7.99. The zero-order chi connectivity index (χ0) is 15.6. The first-order valence-corrected chi connectivity index (χ1v) is 7.47. The van der Waals surface area contributed by atoms with Gasteiger partial charge in [-0.15, -0.1) is 5.10 Å². The lowest BCUT2D eigenvalue weighted by Crippen LogP contribution is -2.16. The number of nitrogen functional groups attached to an aromatic ring is 1. The van der Waals surface area contributed by atoms with Crippen LogP contribution in [0.4, 0.5) is 5.82 Å². The average molecular weight is 309 g/mol. The highest BCUT2D eigenvalue weighted by Crippen LogP contribution is 2.30. The van der Waals surface area contributed by atoms with Crippen LogP contribution in [0.15, 0.2) is 15.0 Å². The van der Waals surface area contributed by atoms with Crippen molar-refractivity contribution in [2.45, 2.75) is 50.3 Å². The number of nitrogens with zero attached hydrogens (tertiary/aromatic N) is 4. The third kappa shape index (κ3) is 3.08. The average Bonchev–Trinajstić information content (AvgIpc) is 2.80. The maximum Gasteiger partial charge on any atom is 0.343 e. The molecule has 21 heavy (non-hydrogen) atoms. The van der Waals surface area contributed by atoms with Gasteiger partial charge in [-0.2, -0.15) is 0 Å². The van der Waals surface area contributed by atoms with Gasteiger partial charge in [-0.1, -0.05) is 13.8 Å². The highest BCUT2D eigenvalue weighted by Gasteiger charge is 2.16. The van der Waals surface area contributed by atoms with Crippen molar-refractivity contribution in [2.75, 3.05) is 5.43 Å². The number of hydrazine groups is 1. The van der Waals surface area contributed by atoms with E-state index in [1.807, 2.05) is 27.7 Å². The first kappa shape index (κ1) is 15.5. The summed E-state index contributed by atoms with van der Waals surface area (Å²) in [5, 5.41) is 7.78. The van der Waals surface area contributed by atoms with Gasteiger partial charge in [0.2, 0.25) is 0 Å². The van der Waals surface area contributed by atoms with E-state index >= 15 is 0 Å². The number of H-pyrrole nitrogens is 1. The van der Waals surface area contributed by atoms with E-state index in [-0.39, 0.29) is 11.6 Å². The van der Waals surface area contributed by atoms with E-state index in [4.69, 9.17) is 5.84 Å².